The van der Waals surface area contributed by atoms with Crippen molar-refractivity contribution in [2.45, 2.75) is 46.2 Å². The van der Waals surface area contributed by atoms with Crippen molar-refractivity contribution < 1.29 is 4.79 Å². The first-order valence-electron chi connectivity index (χ1n) is 11.2. The third-order valence-corrected chi connectivity index (χ3v) is 6.38. The van der Waals surface area contributed by atoms with E-state index in [1.165, 1.54) is 5.69 Å². The van der Waals surface area contributed by atoms with Crippen LogP contribution in [-0.2, 0) is 13.0 Å². The van der Waals surface area contributed by atoms with E-state index in [9.17, 15) is 4.79 Å². The first-order chi connectivity index (χ1) is 15.5. The van der Waals surface area contributed by atoms with Crippen LogP contribution in [-0.4, -0.2) is 31.7 Å². The second-order valence-electron chi connectivity index (χ2n) is 8.81. The van der Waals surface area contributed by atoms with E-state index in [0.717, 1.165) is 52.8 Å². The van der Waals surface area contributed by atoms with Gasteiger partial charge in [0.1, 0.15) is 5.69 Å². The number of fused-ring (bicyclic) bond motifs is 2. The van der Waals surface area contributed by atoms with Crippen molar-refractivity contribution in [2.24, 2.45) is 5.92 Å². The van der Waals surface area contributed by atoms with Crippen molar-refractivity contribution in [1.29, 1.82) is 0 Å². The highest BCUT2D eigenvalue weighted by Gasteiger charge is 2.25. The molecule has 0 bridgehead atoms. The molecule has 1 aromatic carbocycles. The van der Waals surface area contributed by atoms with Gasteiger partial charge in [-0.3, -0.25) is 19.4 Å². The Morgan fingerprint density at radius 2 is 1.94 bits per heavy atom. The van der Waals surface area contributed by atoms with Crippen LogP contribution < -0.4 is 5.32 Å². The third kappa shape index (κ3) is 3.55. The molecular formula is C26H27N5O. The molecule has 1 aliphatic rings. The topological polar surface area (TPSA) is 72.7 Å². The molecule has 0 radical (unpaired) electrons. The minimum absolute atomic E-state index is 0.0686. The number of carbonyl (C=O) groups is 1. The molecule has 1 amide bonds. The quantitative estimate of drug-likeness (QED) is 0.495. The Morgan fingerprint density at radius 1 is 1.06 bits per heavy atom. The summed E-state index contributed by atoms with van der Waals surface area (Å²) in [4.78, 5) is 21.9. The SMILES string of the molecule is CC(C)[C@@H](C)NC(=O)c1ccc2c(-c3c(-c4ccccn4)nn4c3CCC4)ccnc2c1. The van der Waals surface area contributed by atoms with Crippen LogP contribution in [0.4, 0.5) is 0 Å². The number of benzene rings is 1. The van der Waals surface area contributed by atoms with E-state index in [1.807, 2.05) is 55.6 Å². The Labute approximate surface area is 187 Å². The summed E-state index contributed by atoms with van der Waals surface area (Å²) in [6.45, 7) is 7.15. The number of aromatic nitrogens is 4. The van der Waals surface area contributed by atoms with Gasteiger partial charge in [0.05, 0.1) is 11.2 Å². The zero-order valence-corrected chi connectivity index (χ0v) is 18.7. The highest BCUT2D eigenvalue weighted by molar-refractivity contribution is 6.03. The Kier molecular flexibility index (Phi) is 5.21. The lowest BCUT2D eigenvalue weighted by atomic mass is 9.96. The number of pyridine rings is 2. The van der Waals surface area contributed by atoms with Crippen LogP contribution in [0.3, 0.4) is 0 Å². The average molecular weight is 426 g/mol. The van der Waals surface area contributed by atoms with Gasteiger partial charge in [-0.2, -0.15) is 5.10 Å². The molecule has 0 aliphatic carbocycles. The zero-order chi connectivity index (χ0) is 22.2. The Balaban J connectivity index is 1.61. The lowest BCUT2D eigenvalue weighted by molar-refractivity contribution is 0.0930. The molecule has 162 valence electrons. The molecule has 5 rings (SSSR count). The van der Waals surface area contributed by atoms with Crippen molar-refractivity contribution in [3.8, 4) is 22.5 Å². The van der Waals surface area contributed by atoms with Gasteiger partial charge in [-0.1, -0.05) is 26.0 Å². The molecule has 0 unspecified atom stereocenters. The van der Waals surface area contributed by atoms with E-state index < -0.39 is 0 Å². The van der Waals surface area contributed by atoms with Crippen molar-refractivity contribution >= 4 is 16.8 Å². The maximum atomic E-state index is 12.7. The third-order valence-electron chi connectivity index (χ3n) is 6.38. The van der Waals surface area contributed by atoms with Gasteiger partial charge in [-0.15, -0.1) is 0 Å². The van der Waals surface area contributed by atoms with Crippen LogP contribution >= 0.6 is 0 Å². The van der Waals surface area contributed by atoms with Gasteiger partial charge < -0.3 is 5.32 Å². The molecule has 4 heterocycles. The minimum atomic E-state index is -0.0686. The van der Waals surface area contributed by atoms with Crippen LogP contribution in [0.5, 0.6) is 0 Å². The molecular weight excluding hydrogens is 398 g/mol. The fraction of sp³-hybridized carbons (Fsp3) is 0.308. The fourth-order valence-electron chi connectivity index (χ4n) is 4.26. The maximum Gasteiger partial charge on any atom is 0.251 e. The van der Waals surface area contributed by atoms with Gasteiger partial charge in [-0.05, 0) is 61.6 Å². The molecule has 0 spiro atoms. The molecule has 6 heteroatoms. The predicted molar refractivity (Wildman–Crippen MR) is 126 cm³/mol. The second-order valence-corrected chi connectivity index (χ2v) is 8.81. The zero-order valence-electron chi connectivity index (χ0n) is 18.7. The lowest BCUT2D eigenvalue weighted by Gasteiger charge is -2.17. The van der Waals surface area contributed by atoms with E-state index in [2.05, 4.69) is 33.8 Å². The standard InChI is InChI=1S/C26H27N5O/c1-16(2)17(3)29-26(32)18-9-10-19-20(11-13-28-22(19)15-18)24-23-8-6-14-31(23)30-25(24)21-7-4-5-12-27-21/h4-5,7,9-13,15-17H,6,8,14H2,1-3H3,(H,29,32)/t17-/m1/s1. The van der Waals surface area contributed by atoms with Crippen molar-refractivity contribution in [1.82, 2.24) is 25.1 Å². The number of nitrogens with one attached hydrogen (secondary N) is 1. The molecule has 1 N–H and O–H groups in total. The Hall–Kier alpha value is -3.54. The Morgan fingerprint density at radius 3 is 2.72 bits per heavy atom. The van der Waals surface area contributed by atoms with Crippen LogP contribution in [0.1, 0.15) is 43.2 Å². The summed E-state index contributed by atoms with van der Waals surface area (Å²) < 4.78 is 2.11. The monoisotopic (exact) mass is 425 g/mol. The molecule has 0 fully saturated rings. The summed E-state index contributed by atoms with van der Waals surface area (Å²) in [6, 6.07) is 13.8. The summed E-state index contributed by atoms with van der Waals surface area (Å²) in [5, 5.41) is 9.00. The number of hydrogen-bond acceptors (Lipinski definition) is 4. The van der Waals surface area contributed by atoms with E-state index in [0.29, 0.717) is 11.5 Å². The van der Waals surface area contributed by atoms with Crippen molar-refractivity contribution in [3.05, 3.63) is 66.1 Å². The van der Waals surface area contributed by atoms with Gasteiger partial charge in [0, 0.05) is 47.2 Å². The largest absolute Gasteiger partial charge is 0.349 e. The lowest BCUT2D eigenvalue weighted by Crippen LogP contribution is -2.36. The summed E-state index contributed by atoms with van der Waals surface area (Å²) in [5.74, 6) is 0.305. The van der Waals surface area contributed by atoms with Gasteiger partial charge in [0.15, 0.2) is 0 Å². The smallest absolute Gasteiger partial charge is 0.251 e. The normalized spacial score (nSPS) is 14.0. The van der Waals surface area contributed by atoms with Crippen molar-refractivity contribution in [3.63, 3.8) is 0 Å². The summed E-state index contributed by atoms with van der Waals surface area (Å²) >= 11 is 0. The molecule has 3 aromatic heterocycles. The predicted octanol–water partition coefficient (Wildman–Crippen LogP) is 4.88. The first kappa shape index (κ1) is 20.4. The number of rotatable bonds is 5. The number of carbonyl (C=O) groups excluding carboxylic acids is 1. The van der Waals surface area contributed by atoms with Gasteiger partial charge in [-0.25, -0.2) is 0 Å². The van der Waals surface area contributed by atoms with Gasteiger partial charge in [0.25, 0.3) is 5.91 Å². The van der Waals surface area contributed by atoms with Crippen LogP contribution in [0.25, 0.3) is 33.4 Å². The highest BCUT2D eigenvalue weighted by atomic mass is 16.1. The summed E-state index contributed by atoms with van der Waals surface area (Å²) in [7, 11) is 0. The number of nitrogens with zero attached hydrogens (tertiary/aromatic N) is 4. The first-order valence-corrected chi connectivity index (χ1v) is 11.2. The van der Waals surface area contributed by atoms with Crippen LogP contribution in [0.15, 0.2) is 54.9 Å². The average Bonchev–Trinajstić information content (AvgIpc) is 3.40. The van der Waals surface area contributed by atoms with Crippen molar-refractivity contribution in [2.75, 3.05) is 0 Å². The second kappa shape index (κ2) is 8.19. The Bertz CT molecular complexity index is 1290. The van der Waals surface area contributed by atoms with E-state index in [-0.39, 0.29) is 11.9 Å². The molecule has 1 atom stereocenters. The molecule has 32 heavy (non-hydrogen) atoms. The molecule has 6 nitrogen and oxygen atoms in total. The fourth-order valence-corrected chi connectivity index (χ4v) is 4.26. The number of amides is 1. The summed E-state index contributed by atoms with van der Waals surface area (Å²) in [6.07, 6.45) is 5.71. The van der Waals surface area contributed by atoms with Crippen LogP contribution in [0.2, 0.25) is 0 Å². The highest BCUT2D eigenvalue weighted by Crippen LogP contribution is 2.39. The molecule has 1 aliphatic heterocycles. The van der Waals surface area contributed by atoms with E-state index in [1.54, 1.807) is 6.20 Å². The summed E-state index contributed by atoms with van der Waals surface area (Å²) in [5.41, 5.74) is 6.65. The van der Waals surface area contributed by atoms with E-state index in [4.69, 9.17) is 5.10 Å². The molecule has 0 saturated heterocycles. The number of hydrogen-bond donors (Lipinski definition) is 1. The van der Waals surface area contributed by atoms with Crippen LogP contribution in [0, 0.1) is 5.92 Å². The maximum absolute atomic E-state index is 12.7. The van der Waals surface area contributed by atoms with Gasteiger partial charge in [0.2, 0.25) is 0 Å². The minimum Gasteiger partial charge on any atom is -0.349 e. The van der Waals surface area contributed by atoms with Gasteiger partial charge >= 0.3 is 0 Å². The molecule has 4 aromatic rings. The van der Waals surface area contributed by atoms with E-state index >= 15 is 0 Å². The molecule has 0 saturated carbocycles. The number of aryl methyl sites for hydroxylation is 1.